The van der Waals surface area contributed by atoms with Gasteiger partial charge in [0.05, 0.1) is 16.0 Å². The summed E-state index contributed by atoms with van der Waals surface area (Å²) in [6.07, 6.45) is -4.59. The summed E-state index contributed by atoms with van der Waals surface area (Å²) in [5.41, 5.74) is 0.188. The Kier molecular flexibility index (Phi) is 3.19. The summed E-state index contributed by atoms with van der Waals surface area (Å²) < 4.78 is 37.8. The number of nitrogens with zero attached hydrogens (tertiary/aromatic N) is 1. The van der Waals surface area contributed by atoms with E-state index in [9.17, 15) is 23.3 Å². The van der Waals surface area contributed by atoms with Crippen molar-refractivity contribution in [1.29, 1.82) is 0 Å². The molecule has 3 nitrogen and oxygen atoms in total. The Morgan fingerprint density at radius 1 is 1.22 bits per heavy atom. The van der Waals surface area contributed by atoms with Gasteiger partial charge in [-0.25, -0.2) is 0 Å². The van der Waals surface area contributed by atoms with Gasteiger partial charge in [0.2, 0.25) is 6.04 Å². The van der Waals surface area contributed by atoms with Crippen LogP contribution in [0.25, 0.3) is 0 Å². The Balaban J connectivity index is 2.33. The van der Waals surface area contributed by atoms with E-state index in [4.69, 9.17) is 23.2 Å². The summed E-state index contributed by atoms with van der Waals surface area (Å²) in [5.74, 6) is -3.14. The molecule has 18 heavy (non-hydrogen) atoms. The molecule has 1 fully saturated rings. The van der Waals surface area contributed by atoms with Crippen molar-refractivity contribution in [3.63, 3.8) is 0 Å². The zero-order valence-corrected chi connectivity index (χ0v) is 10.1. The van der Waals surface area contributed by atoms with Gasteiger partial charge in [-0.2, -0.15) is 13.2 Å². The molecule has 0 spiro atoms. The van der Waals surface area contributed by atoms with E-state index >= 15 is 0 Å². The van der Waals surface area contributed by atoms with Gasteiger partial charge < -0.3 is 0 Å². The van der Waals surface area contributed by atoms with E-state index in [0.29, 0.717) is 0 Å². The van der Waals surface area contributed by atoms with Gasteiger partial charge in [0.25, 0.3) is 0 Å². The second-order valence-corrected chi connectivity index (χ2v) is 4.86. The molecule has 0 saturated heterocycles. The summed E-state index contributed by atoms with van der Waals surface area (Å²) in [7, 11) is 0. The van der Waals surface area contributed by atoms with Gasteiger partial charge in [-0.15, -0.1) is 0 Å². The summed E-state index contributed by atoms with van der Waals surface area (Å²) >= 11 is 11.3. The molecule has 0 heterocycles. The van der Waals surface area contributed by atoms with Gasteiger partial charge in [0.1, 0.15) is 5.92 Å². The van der Waals surface area contributed by atoms with Crippen LogP contribution in [0.3, 0.4) is 0 Å². The minimum atomic E-state index is -4.59. The van der Waals surface area contributed by atoms with Crippen molar-refractivity contribution in [2.75, 3.05) is 0 Å². The van der Waals surface area contributed by atoms with Crippen molar-refractivity contribution in [2.45, 2.75) is 18.1 Å². The monoisotopic (exact) mass is 299 g/mol. The average Bonchev–Trinajstić information content (AvgIpc) is 2.96. The summed E-state index contributed by atoms with van der Waals surface area (Å²) in [5, 5.41) is 10.9. The first kappa shape index (κ1) is 13.4. The fourth-order valence-electron chi connectivity index (χ4n) is 2.08. The van der Waals surface area contributed by atoms with E-state index in [1.165, 1.54) is 18.2 Å². The second-order valence-electron chi connectivity index (χ2n) is 4.04. The summed E-state index contributed by atoms with van der Waals surface area (Å²) in [6.45, 7) is 0. The first-order valence-corrected chi connectivity index (χ1v) is 5.64. The lowest BCUT2D eigenvalue weighted by Crippen LogP contribution is -2.17. The van der Waals surface area contributed by atoms with E-state index in [2.05, 4.69) is 0 Å². The Hall–Kier alpha value is -1.01. The topological polar surface area (TPSA) is 43.1 Å². The second kappa shape index (κ2) is 4.28. The van der Waals surface area contributed by atoms with Crippen LogP contribution in [-0.2, 0) is 0 Å². The molecule has 98 valence electrons. The number of rotatable bonds is 2. The predicted molar refractivity (Wildman–Crippen MR) is 59.5 cm³/mol. The molecule has 0 N–H and O–H groups in total. The average molecular weight is 300 g/mol. The predicted octanol–water partition coefficient (Wildman–Crippen LogP) is 3.91. The van der Waals surface area contributed by atoms with Crippen molar-refractivity contribution in [1.82, 2.24) is 0 Å². The van der Waals surface area contributed by atoms with E-state index in [1.807, 2.05) is 0 Å². The van der Waals surface area contributed by atoms with Gasteiger partial charge in [-0.05, 0) is 17.7 Å². The first-order valence-electron chi connectivity index (χ1n) is 4.88. The molecule has 1 aromatic rings. The van der Waals surface area contributed by atoms with Gasteiger partial charge >= 0.3 is 6.18 Å². The van der Waals surface area contributed by atoms with Crippen LogP contribution in [0, 0.1) is 16.0 Å². The van der Waals surface area contributed by atoms with Gasteiger partial charge in [-0.3, -0.25) is 10.1 Å². The van der Waals surface area contributed by atoms with Crippen molar-refractivity contribution >= 4 is 23.2 Å². The standard InChI is InChI=1S/C10H6Cl2F3NO2/c11-5-2-1-4(3-6(5)12)7-8(10(13,14)15)9(7)16(17)18/h1-3,7-9H/t7-,8+,9+/m0/s1. The van der Waals surface area contributed by atoms with E-state index in [-0.39, 0.29) is 15.6 Å². The fraction of sp³-hybridized carbons (Fsp3) is 0.400. The van der Waals surface area contributed by atoms with Crippen molar-refractivity contribution in [3.8, 4) is 0 Å². The van der Waals surface area contributed by atoms with Crippen LogP contribution < -0.4 is 0 Å². The van der Waals surface area contributed by atoms with Crippen molar-refractivity contribution in [3.05, 3.63) is 43.9 Å². The lowest BCUT2D eigenvalue weighted by atomic mass is 10.1. The number of hydrogen-bond acceptors (Lipinski definition) is 2. The lowest BCUT2D eigenvalue weighted by Gasteiger charge is -2.03. The molecule has 1 aliphatic carbocycles. The third kappa shape index (κ3) is 2.27. The van der Waals surface area contributed by atoms with Crippen LogP contribution in [0.4, 0.5) is 13.2 Å². The molecule has 0 aromatic heterocycles. The highest BCUT2D eigenvalue weighted by Gasteiger charge is 2.72. The van der Waals surface area contributed by atoms with E-state index in [1.54, 1.807) is 0 Å². The van der Waals surface area contributed by atoms with Crippen LogP contribution in [0.2, 0.25) is 10.0 Å². The first-order chi connectivity index (χ1) is 8.23. The Morgan fingerprint density at radius 3 is 2.22 bits per heavy atom. The smallest absolute Gasteiger partial charge is 0.264 e. The van der Waals surface area contributed by atoms with Gasteiger partial charge in [0.15, 0.2) is 0 Å². The number of halogens is 5. The maximum absolute atomic E-state index is 12.6. The molecule has 0 amide bonds. The Bertz CT molecular complexity index is 506. The molecule has 2 rings (SSSR count). The van der Waals surface area contributed by atoms with Crippen LogP contribution >= 0.6 is 23.2 Å². The molecule has 0 aliphatic heterocycles. The Labute approximate surface area is 110 Å². The highest BCUT2D eigenvalue weighted by Crippen LogP contribution is 2.57. The molecule has 1 aromatic carbocycles. The normalized spacial score (nSPS) is 27.1. The van der Waals surface area contributed by atoms with Crippen LogP contribution in [0.15, 0.2) is 18.2 Å². The minimum absolute atomic E-state index is 0.0871. The van der Waals surface area contributed by atoms with Crippen LogP contribution in [0.1, 0.15) is 11.5 Å². The van der Waals surface area contributed by atoms with Crippen molar-refractivity contribution in [2.24, 2.45) is 5.92 Å². The molecular weight excluding hydrogens is 294 g/mol. The third-order valence-electron chi connectivity index (χ3n) is 2.93. The summed E-state index contributed by atoms with van der Waals surface area (Å²) in [4.78, 5) is 9.70. The number of hydrogen-bond donors (Lipinski definition) is 0. The fourth-order valence-corrected chi connectivity index (χ4v) is 2.39. The SMILES string of the molecule is O=[N+]([O-])[C@@H]1[C@@H](c2ccc(Cl)c(Cl)c2)[C@H]1C(F)(F)F. The third-order valence-corrected chi connectivity index (χ3v) is 3.67. The quantitative estimate of drug-likeness (QED) is 0.614. The van der Waals surface area contributed by atoms with Crippen LogP contribution in [-0.4, -0.2) is 17.1 Å². The highest BCUT2D eigenvalue weighted by atomic mass is 35.5. The van der Waals surface area contributed by atoms with E-state index < -0.39 is 29.0 Å². The molecule has 1 aliphatic rings. The number of alkyl halides is 3. The zero-order valence-electron chi connectivity index (χ0n) is 8.62. The molecule has 1 saturated carbocycles. The summed E-state index contributed by atoms with van der Waals surface area (Å²) in [6, 6.07) is 2.28. The number of nitro groups is 1. The maximum atomic E-state index is 12.6. The minimum Gasteiger partial charge on any atom is -0.264 e. The molecule has 0 unspecified atom stereocenters. The lowest BCUT2D eigenvalue weighted by molar-refractivity contribution is -0.503. The van der Waals surface area contributed by atoms with Gasteiger partial charge in [-0.1, -0.05) is 29.3 Å². The number of benzene rings is 1. The zero-order chi connectivity index (χ0) is 13.7. The molecular formula is C10H6Cl2F3NO2. The maximum Gasteiger partial charge on any atom is 0.399 e. The van der Waals surface area contributed by atoms with Gasteiger partial charge in [0, 0.05) is 4.92 Å². The molecule has 0 radical (unpaired) electrons. The van der Waals surface area contributed by atoms with Crippen molar-refractivity contribution < 1.29 is 18.1 Å². The van der Waals surface area contributed by atoms with E-state index in [0.717, 1.165) is 0 Å². The molecule has 0 bridgehead atoms. The largest absolute Gasteiger partial charge is 0.399 e. The van der Waals surface area contributed by atoms with Crippen LogP contribution in [0.5, 0.6) is 0 Å². The Morgan fingerprint density at radius 2 is 1.83 bits per heavy atom. The molecule has 8 heteroatoms. The molecule has 3 atom stereocenters. The highest BCUT2D eigenvalue weighted by molar-refractivity contribution is 6.42.